The van der Waals surface area contributed by atoms with Crippen molar-refractivity contribution in [1.82, 2.24) is 14.9 Å². The summed E-state index contributed by atoms with van der Waals surface area (Å²) in [4.78, 5) is 24.7. The highest BCUT2D eigenvalue weighted by molar-refractivity contribution is 6.00. The van der Waals surface area contributed by atoms with Crippen LogP contribution < -0.4 is 4.74 Å². The molecule has 0 radical (unpaired) electrons. The summed E-state index contributed by atoms with van der Waals surface area (Å²) in [6.07, 6.45) is 1.92. The van der Waals surface area contributed by atoms with Gasteiger partial charge >= 0.3 is 6.18 Å². The zero-order valence-corrected chi connectivity index (χ0v) is 16.4. The van der Waals surface area contributed by atoms with Gasteiger partial charge in [0.05, 0.1) is 18.1 Å². The molecule has 0 N–H and O–H groups in total. The largest absolute Gasteiger partial charge is 0.453 e. The van der Waals surface area contributed by atoms with Crippen molar-refractivity contribution in [3.63, 3.8) is 0 Å². The summed E-state index contributed by atoms with van der Waals surface area (Å²) in [6.45, 7) is 12.1. The first-order valence-corrected chi connectivity index (χ1v) is 9.03. The lowest BCUT2D eigenvalue weighted by Gasteiger charge is -2.33. The number of halogens is 3. The molecule has 1 aromatic heterocycles. The topological polar surface area (TPSA) is 67.7 Å². The number of nitrogens with zero attached hydrogens (tertiary/aromatic N) is 4. The molecule has 2 heterocycles. The molecule has 0 aromatic carbocycles. The van der Waals surface area contributed by atoms with Gasteiger partial charge in [0.2, 0.25) is 11.7 Å². The normalized spacial score (nSPS) is 16.2. The second kappa shape index (κ2) is 9.49. The Morgan fingerprint density at radius 1 is 1.28 bits per heavy atom. The number of aromatic nitrogens is 2. The average molecular weight is 408 g/mol. The number of alkyl halides is 3. The van der Waals surface area contributed by atoms with Crippen molar-refractivity contribution in [3.8, 4) is 5.75 Å². The Morgan fingerprint density at radius 2 is 1.86 bits per heavy atom. The molecule has 29 heavy (non-hydrogen) atoms. The average Bonchev–Trinajstić information content (AvgIpc) is 2.68. The number of amides is 1. The van der Waals surface area contributed by atoms with E-state index in [1.807, 2.05) is 6.92 Å². The predicted octanol–water partition coefficient (Wildman–Crippen LogP) is 4.18. The lowest BCUT2D eigenvalue weighted by molar-refractivity contribution is -0.145. The summed E-state index contributed by atoms with van der Waals surface area (Å²) in [6, 6.07) is 0. The Kier molecular flexibility index (Phi) is 7.30. The van der Waals surface area contributed by atoms with Crippen LogP contribution in [0.2, 0.25) is 0 Å². The van der Waals surface area contributed by atoms with E-state index in [1.54, 1.807) is 24.1 Å². The van der Waals surface area contributed by atoms with Crippen LogP contribution in [0.15, 0.2) is 54.2 Å². The summed E-state index contributed by atoms with van der Waals surface area (Å²) in [5.74, 6) is -1.09. The lowest BCUT2D eigenvalue weighted by atomic mass is 9.90. The molecule has 0 atom stereocenters. The van der Waals surface area contributed by atoms with Crippen molar-refractivity contribution < 1.29 is 22.7 Å². The fourth-order valence-corrected chi connectivity index (χ4v) is 2.90. The Balaban J connectivity index is 2.09. The van der Waals surface area contributed by atoms with Gasteiger partial charge in [-0.15, -0.1) is 0 Å². The highest BCUT2D eigenvalue weighted by Gasteiger charge is 2.34. The molecular weight excluding hydrogens is 385 g/mol. The smallest absolute Gasteiger partial charge is 0.451 e. The maximum atomic E-state index is 12.6. The molecule has 1 amide bonds. The van der Waals surface area contributed by atoms with Crippen LogP contribution in [-0.4, -0.2) is 39.6 Å². The van der Waals surface area contributed by atoms with Crippen LogP contribution in [0.5, 0.6) is 5.75 Å². The van der Waals surface area contributed by atoms with Gasteiger partial charge < -0.3 is 9.64 Å². The highest BCUT2D eigenvalue weighted by Crippen LogP contribution is 2.27. The summed E-state index contributed by atoms with van der Waals surface area (Å²) < 4.78 is 43.3. The maximum Gasteiger partial charge on any atom is 0.451 e. The predicted molar refractivity (Wildman–Crippen MR) is 103 cm³/mol. The molecule has 6 nitrogen and oxygen atoms in total. The van der Waals surface area contributed by atoms with Crippen LogP contribution in [0.25, 0.3) is 0 Å². The van der Waals surface area contributed by atoms with Crippen molar-refractivity contribution >= 4 is 11.6 Å². The lowest BCUT2D eigenvalue weighted by Crippen LogP contribution is -2.41. The summed E-state index contributed by atoms with van der Waals surface area (Å²) in [5.41, 5.74) is 1.06. The molecule has 1 aliphatic rings. The van der Waals surface area contributed by atoms with Gasteiger partial charge in [-0.3, -0.25) is 9.79 Å². The van der Waals surface area contributed by atoms with Crippen LogP contribution in [-0.2, 0) is 11.0 Å². The van der Waals surface area contributed by atoms with Crippen molar-refractivity contribution in [1.29, 1.82) is 0 Å². The fourth-order valence-electron chi connectivity index (χ4n) is 2.90. The van der Waals surface area contributed by atoms with E-state index in [-0.39, 0.29) is 23.3 Å². The number of carbonyl (C=O) groups excluding carboxylic acids is 1. The molecule has 156 valence electrons. The van der Waals surface area contributed by atoms with Gasteiger partial charge in [0.15, 0.2) is 5.75 Å². The van der Waals surface area contributed by atoms with Crippen molar-refractivity contribution in [2.24, 2.45) is 10.9 Å². The quantitative estimate of drug-likeness (QED) is 0.402. The third-order valence-corrected chi connectivity index (χ3v) is 4.31. The Hall–Kier alpha value is -2.97. The Bertz CT molecular complexity index is 821. The molecule has 0 aliphatic carbocycles. The Labute approximate surface area is 167 Å². The second-order valence-electron chi connectivity index (χ2n) is 6.61. The third-order valence-electron chi connectivity index (χ3n) is 4.31. The van der Waals surface area contributed by atoms with E-state index in [2.05, 4.69) is 28.1 Å². The number of likely N-dealkylation sites (tertiary alicyclic amines) is 1. The summed E-state index contributed by atoms with van der Waals surface area (Å²) in [5, 5.41) is 0. The molecule has 1 aliphatic heterocycles. The van der Waals surface area contributed by atoms with E-state index in [0.717, 1.165) is 12.4 Å². The molecule has 0 bridgehead atoms. The molecule has 1 aromatic rings. The number of rotatable bonds is 6. The van der Waals surface area contributed by atoms with Crippen LogP contribution in [0.1, 0.15) is 32.5 Å². The molecular formula is C20H23F3N4O2. The fraction of sp³-hybridized carbons (Fsp3) is 0.400. The van der Waals surface area contributed by atoms with Crippen molar-refractivity contribution in [2.45, 2.75) is 32.9 Å². The molecule has 9 heteroatoms. The minimum absolute atomic E-state index is 0.0109. The zero-order chi connectivity index (χ0) is 21.6. The minimum Gasteiger partial charge on any atom is -0.453 e. The Morgan fingerprint density at radius 3 is 2.34 bits per heavy atom. The van der Waals surface area contributed by atoms with Crippen LogP contribution in [0.3, 0.4) is 0 Å². The highest BCUT2D eigenvalue weighted by atomic mass is 19.4. The van der Waals surface area contributed by atoms with E-state index in [1.165, 1.54) is 0 Å². The van der Waals surface area contributed by atoms with Gasteiger partial charge in [-0.1, -0.05) is 19.2 Å². The number of hydrogen-bond donors (Lipinski definition) is 0. The number of allylic oxidation sites excluding steroid dienone is 2. The molecule has 0 saturated carbocycles. The minimum atomic E-state index is -4.62. The number of hydrogen-bond acceptors (Lipinski definition) is 5. The number of ether oxygens (including phenoxy) is 1. The first-order valence-electron chi connectivity index (χ1n) is 9.03. The maximum absolute atomic E-state index is 12.6. The first kappa shape index (κ1) is 22.3. The first-order chi connectivity index (χ1) is 13.6. The van der Waals surface area contributed by atoms with Gasteiger partial charge in [-0.05, 0) is 26.7 Å². The van der Waals surface area contributed by atoms with E-state index >= 15 is 0 Å². The van der Waals surface area contributed by atoms with E-state index in [9.17, 15) is 18.0 Å². The third kappa shape index (κ3) is 6.00. The van der Waals surface area contributed by atoms with E-state index < -0.39 is 12.0 Å². The molecule has 1 saturated heterocycles. The van der Waals surface area contributed by atoms with Gasteiger partial charge in [0, 0.05) is 30.8 Å². The SMILES string of the molecule is C=C(C)C(=O)N1CCC(C(=N/C=C\C)C(=C)Oc2cnc(C(F)(F)F)nc2)CC1. The van der Waals surface area contributed by atoms with E-state index in [4.69, 9.17) is 4.74 Å². The van der Waals surface area contributed by atoms with Crippen LogP contribution >= 0.6 is 0 Å². The number of carbonyl (C=O) groups is 1. The molecule has 0 spiro atoms. The number of piperidine rings is 1. The molecule has 2 rings (SSSR count). The molecule has 1 fully saturated rings. The van der Waals surface area contributed by atoms with Gasteiger partial charge in [-0.2, -0.15) is 13.2 Å². The van der Waals surface area contributed by atoms with Gasteiger partial charge in [-0.25, -0.2) is 9.97 Å². The summed E-state index contributed by atoms with van der Waals surface area (Å²) in [7, 11) is 0. The monoisotopic (exact) mass is 408 g/mol. The number of aliphatic imine (C=N–C) groups is 1. The standard InChI is InChI=1S/C20H23F3N4O2/c1-5-8-24-17(15-6-9-27(10-7-15)18(28)13(2)3)14(4)29-16-11-25-19(26-12-16)20(21,22)23/h5,8,11-12,15H,2,4,6-7,9-10H2,1,3H3/b8-5-,24-17?. The zero-order valence-electron chi connectivity index (χ0n) is 16.4. The molecule has 0 unspecified atom stereocenters. The van der Waals surface area contributed by atoms with Crippen LogP contribution in [0.4, 0.5) is 13.2 Å². The van der Waals surface area contributed by atoms with Crippen LogP contribution in [0, 0.1) is 5.92 Å². The van der Waals surface area contributed by atoms with E-state index in [0.29, 0.717) is 37.2 Å². The van der Waals surface area contributed by atoms with Gasteiger partial charge in [0.25, 0.3) is 0 Å². The van der Waals surface area contributed by atoms with Gasteiger partial charge in [0.1, 0.15) is 5.76 Å². The second-order valence-corrected chi connectivity index (χ2v) is 6.61. The van der Waals surface area contributed by atoms with Crippen molar-refractivity contribution in [2.75, 3.05) is 13.1 Å². The van der Waals surface area contributed by atoms with Crippen molar-refractivity contribution in [3.05, 3.63) is 55.0 Å². The summed E-state index contributed by atoms with van der Waals surface area (Å²) >= 11 is 0.